The van der Waals surface area contributed by atoms with E-state index in [1.54, 1.807) is 12.1 Å². The van der Waals surface area contributed by atoms with Gasteiger partial charge in [0.25, 0.3) is 0 Å². The van der Waals surface area contributed by atoms with Gasteiger partial charge in [0, 0.05) is 0 Å². The molecule has 1 aliphatic carbocycles. The fraction of sp³-hybridized carbons (Fsp3) is 0. The van der Waals surface area contributed by atoms with Crippen LogP contribution in [0.2, 0.25) is 0 Å². The van der Waals surface area contributed by atoms with Crippen LogP contribution < -0.4 is 0 Å². The first-order valence-electron chi connectivity index (χ1n) is 5.32. The molecule has 0 saturated heterocycles. The number of allylic oxidation sites excluding steroid dienone is 3. The fourth-order valence-corrected chi connectivity index (χ4v) is 2.68. The second kappa shape index (κ2) is 5.72. The summed E-state index contributed by atoms with van der Waals surface area (Å²) in [6, 6.07) is 3.15. The molecule has 0 atom stereocenters. The predicted molar refractivity (Wildman–Crippen MR) is 80.5 cm³/mol. The number of carboxylic acid groups (broad SMARTS) is 1. The number of aliphatic carboxylic acids is 1. The van der Waals surface area contributed by atoms with E-state index < -0.39 is 11.8 Å². The van der Waals surface area contributed by atoms with Gasteiger partial charge >= 0.3 is 5.97 Å². The minimum Gasteiger partial charge on any atom is -0.506 e. The van der Waals surface area contributed by atoms with Crippen LogP contribution in [-0.2, 0) is 9.59 Å². The summed E-state index contributed by atoms with van der Waals surface area (Å²) in [5, 5.41) is 18.5. The minimum absolute atomic E-state index is 0.0464. The first-order valence-corrected chi connectivity index (χ1v) is 6.91. The lowest BCUT2D eigenvalue weighted by molar-refractivity contribution is -0.134. The average molecular weight is 401 g/mol. The molecule has 2 N–H and O–H groups in total. The molecule has 102 valence electrons. The first kappa shape index (κ1) is 14.7. The van der Waals surface area contributed by atoms with Gasteiger partial charge in [-0.3, -0.25) is 4.79 Å². The standard InChI is InChI=1S/C13H7Br2NO4/c14-9-4-7(5-10(15)12(9)18)16-6-1-2-11(17)8(3-6)13(19)20/h1-5,18H,(H,19,20). The van der Waals surface area contributed by atoms with Crippen LogP contribution >= 0.6 is 31.9 Å². The highest BCUT2D eigenvalue weighted by Crippen LogP contribution is 2.36. The van der Waals surface area contributed by atoms with Crippen molar-refractivity contribution in [3.05, 3.63) is 44.9 Å². The largest absolute Gasteiger partial charge is 0.506 e. The van der Waals surface area contributed by atoms with Gasteiger partial charge in [-0.15, -0.1) is 0 Å². The monoisotopic (exact) mass is 399 g/mol. The van der Waals surface area contributed by atoms with E-state index in [0.717, 1.165) is 6.08 Å². The molecule has 0 saturated carbocycles. The van der Waals surface area contributed by atoms with E-state index in [2.05, 4.69) is 36.9 Å². The number of nitrogens with zero attached hydrogens (tertiary/aromatic N) is 1. The van der Waals surface area contributed by atoms with E-state index in [1.807, 2.05) is 0 Å². The zero-order chi connectivity index (χ0) is 14.9. The van der Waals surface area contributed by atoms with Gasteiger partial charge in [-0.25, -0.2) is 9.79 Å². The number of phenolic OH excluding ortho intramolecular Hbond substituents is 1. The van der Waals surface area contributed by atoms with Crippen molar-refractivity contribution in [3.63, 3.8) is 0 Å². The number of carboxylic acids is 1. The summed E-state index contributed by atoms with van der Waals surface area (Å²) in [6.45, 7) is 0. The van der Waals surface area contributed by atoms with Crippen LogP contribution in [0.3, 0.4) is 0 Å². The van der Waals surface area contributed by atoms with Crippen LogP contribution in [0.1, 0.15) is 0 Å². The van der Waals surface area contributed by atoms with E-state index in [9.17, 15) is 14.7 Å². The van der Waals surface area contributed by atoms with Crippen LogP contribution in [0, 0.1) is 0 Å². The van der Waals surface area contributed by atoms with Gasteiger partial charge in [0.15, 0.2) is 5.78 Å². The molecular formula is C13H7Br2NO4. The Kier molecular flexibility index (Phi) is 4.20. The number of phenols is 1. The number of hydrogen-bond acceptors (Lipinski definition) is 4. The zero-order valence-electron chi connectivity index (χ0n) is 9.80. The predicted octanol–water partition coefficient (Wildman–Crippen LogP) is 3.14. The number of carbonyl (C=O) groups is 2. The maximum atomic E-state index is 11.3. The molecule has 7 heteroatoms. The van der Waals surface area contributed by atoms with E-state index in [4.69, 9.17) is 5.11 Å². The van der Waals surface area contributed by atoms with Gasteiger partial charge in [-0.2, -0.15) is 0 Å². The molecule has 0 aliphatic heterocycles. The average Bonchev–Trinajstić information content (AvgIpc) is 2.38. The molecule has 0 spiro atoms. The first-order chi connectivity index (χ1) is 9.38. The smallest absolute Gasteiger partial charge is 0.339 e. The molecule has 0 radical (unpaired) electrons. The lowest BCUT2D eigenvalue weighted by atomic mass is 10.0. The maximum Gasteiger partial charge on any atom is 0.339 e. The Morgan fingerprint density at radius 2 is 1.75 bits per heavy atom. The van der Waals surface area contributed by atoms with Crippen molar-refractivity contribution in [1.82, 2.24) is 0 Å². The number of aliphatic imine (C=N–C) groups is 1. The molecule has 0 heterocycles. The van der Waals surface area contributed by atoms with Crippen molar-refractivity contribution in [2.24, 2.45) is 4.99 Å². The Morgan fingerprint density at radius 1 is 1.15 bits per heavy atom. The number of aromatic hydroxyl groups is 1. The lowest BCUT2D eigenvalue weighted by Gasteiger charge is -2.06. The molecule has 1 aliphatic rings. The van der Waals surface area contributed by atoms with E-state index in [1.165, 1.54) is 12.2 Å². The molecule has 0 aromatic heterocycles. The lowest BCUT2D eigenvalue weighted by Crippen LogP contribution is -2.15. The van der Waals surface area contributed by atoms with Crippen LogP contribution in [0.4, 0.5) is 5.69 Å². The zero-order valence-corrected chi connectivity index (χ0v) is 13.0. The highest BCUT2D eigenvalue weighted by Gasteiger charge is 2.18. The molecular weight excluding hydrogens is 394 g/mol. The number of ketones is 1. The Labute approximate surface area is 130 Å². The third-order valence-electron chi connectivity index (χ3n) is 2.45. The summed E-state index contributed by atoms with van der Waals surface area (Å²) in [6.07, 6.45) is 3.80. The second-order valence-electron chi connectivity index (χ2n) is 3.86. The number of benzene rings is 1. The Balaban J connectivity index is 2.44. The third kappa shape index (κ3) is 3.05. The Hall–Kier alpha value is -1.73. The SMILES string of the molecule is O=C(O)C1=CC(=Nc2cc(Br)c(O)c(Br)c2)C=CC1=O. The summed E-state index contributed by atoms with van der Waals surface area (Å²) in [5.74, 6) is -1.81. The number of rotatable bonds is 2. The molecule has 0 unspecified atom stereocenters. The molecule has 0 bridgehead atoms. The molecule has 0 fully saturated rings. The molecule has 0 amide bonds. The van der Waals surface area contributed by atoms with Crippen LogP contribution in [-0.4, -0.2) is 27.7 Å². The van der Waals surface area contributed by atoms with Crippen molar-refractivity contribution >= 4 is 55.0 Å². The summed E-state index contributed by atoms with van der Waals surface area (Å²) in [4.78, 5) is 26.5. The van der Waals surface area contributed by atoms with Gasteiger partial charge < -0.3 is 10.2 Å². The van der Waals surface area contributed by atoms with E-state index >= 15 is 0 Å². The van der Waals surface area contributed by atoms with Crippen molar-refractivity contribution in [2.45, 2.75) is 0 Å². The second-order valence-corrected chi connectivity index (χ2v) is 5.56. The van der Waals surface area contributed by atoms with Crippen molar-refractivity contribution in [2.75, 3.05) is 0 Å². The minimum atomic E-state index is -1.29. The van der Waals surface area contributed by atoms with E-state index in [0.29, 0.717) is 20.3 Å². The molecule has 20 heavy (non-hydrogen) atoms. The highest BCUT2D eigenvalue weighted by molar-refractivity contribution is 9.11. The quantitative estimate of drug-likeness (QED) is 0.589. The van der Waals surface area contributed by atoms with Crippen LogP contribution in [0.25, 0.3) is 0 Å². The summed E-state index contributed by atoms with van der Waals surface area (Å²) < 4.78 is 0.897. The summed E-state index contributed by atoms with van der Waals surface area (Å²) >= 11 is 6.35. The third-order valence-corrected chi connectivity index (χ3v) is 3.66. The Bertz CT molecular complexity index is 681. The molecule has 1 aromatic rings. The molecule has 5 nitrogen and oxygen atoms in total. The normalized spacial score (nSPS) is 16.4. The van der Waals surface area contributed by atoms with Gasteiger partial charge in [0.2, 0.25) is 0 Å². The van der Waals surface area contributed by atoms with Gasteiger partial charge in [-0.1, -0.05) is 0 Å². The fourth-order valence-electron chi connectivity index (χ4n) is 1.52. The van der Waals surface area contributed by atoms with Crippen molar-refractivity contribution in [1.29, 1.82) is 0 Å². The highest BCUT2D eigenvalue weighted by atomic mass is 79.9. The van der Waals surface area contributed by atoms with Gasteiger partial charge in [0.05, 0.1) is 20.3 Å². The Morgan fingerprint density at radius 3 is 2.30 bits per heavy atom. The van der Waals surface area contributed by atoms with Crippen LogP contribution in [0.5, 0.6) is 5.75 Å². The van der Waals surface area contributed by atoms with Gasteiger partial charge in [0.1, 0.15) is 11.3 Å². The number of carbonyl (C=O) groups excluding carboxylic acids is 1. The summed E-state index contributed by atoms with van der Waals surface area (Å²) in [7, 11) is 0. The molecule has 2 rings (SSSR count). The number of halogens is 2. The number of hydrogen-bond donors (Lipinski definition) is 2. The van der Waals surface area contributed by atoms with Crippen molar-refractivity contribution in [3.8, 4) is 5.75 Å². The summed E-state index contributed by atoms with van der Waals surface area (Å²) in [5.41, 5.74) is 0.506. The van der Waals surface area contributed by atoms with Crippen LogP contribution in [0.15, 0.2) is 49.9 Å². The van der Waals surface area contributed by atoms with Gasteiger partial charge in [-0.05, 0) is 62.2 Å². The van der Waals surface area contributed by atoms with Crippen molar-refractivity contribution < 1.29 is 19.8 Å². The maximum absolute atomic E-state index is 11.3. The van der Waals surface area contributed by atoms with E-state index in [-0.39, 0.29) is 11.3 Å². The topological polar surface area (TPSA) is 87.0 Å². The molecule has 1 aromatic carbocycles.